The Kier molecular flexibility index (Phi) is 4.74. The number of aromatic nitrogens is 6. The molecule has 3 aromatic heterocycles. The number of nitrogens with two attached hydrogens (primary N) is 1. The van der Waals surface area contributed by atoms with Crippen LogP contribution in [0.25, 0.3) is 16.6 Å². The third-order valence-corrected chi connectivity index (χ3v) is 6.36. The lowest BCUT2D eigenvalue weighted by Crippen LogP contribution is -2.25. The van der Waals surface area contributed by atoms with E-state index in [1.54, 1.807) is 24.0 Å². The van der Waals surface area contributed by atoms with Gasteiger partial charge in [0.25, 0.3) is 0 Å². The first-order valence-electron chi connectivity index (χ1n) is 11.0. The lowest BCUT2D eigenvalue weighted by atomic mass is 10.1. The molecule has 0 bridgehead atoms. The number of anilines is 1. The van der Waals surface area contributed by atoms with E-state index in [0.717, 1.165) is 42.7 Å². The maximum absolute atomic E-state index is 14.9. The molecule has 1 saturated carbocycles. The van der Waals surface area contributed by atoms with Gasteiger partial charge >= 0.3 is 0 Å². The summed E-state index contributed by atoms with van der Waals surface area (Å²) >= 11 is 0. The Morgan fingerprint density at radius 1 is 1.27 bits per heavy atom. The maximum atomic E-state index is 14.9. The van der Waals surface area contributed by atoms with Gasteiger partial charge in [-0.2, -0.15) is 5.10 Å². The van der Waals surface area contributed by atoms with Crippen LogP contribution in [0.15, 0.2) is 24.8 Å². The molecule has 1 unspecified atom stereocenters. The van der Waals surface area contributed by atoms with Crippen LogP contribution in [0.5, 0.6) is 0 Å². The summed E-state index contributed by atoms with van der Waals surface area (Å²) in [6.07, 6.45) is 6.26. The largest absolute Gasteiger partial charge is 0.383 e. The van der Waals surface area contributed by atoms with E-state index in [2.05, 4.69) is 32.2 Å². The second kappa shape index (κ2) is 7.79. The van der Waals surface area contributed by atoms with Gasteiger partial charge in [-0.15, -0.1) is 0 Å². The molecule has 0 amide bonds. The fraction of sp³-hybridized carbons (Fsp3) is 0.391. The maximum Gasteiger partial charge on any atom is 0.154 e. The number of imidazole rings is 2. The molecule has 2 atom stereocenters. The highest BCUT2D eigenvalue weighted by Crippen LogP contribution is 2.37. The molecule has 0 spiro atoms. The lowest BCUT2D eigenvalue weighted by molar-refractivity contribution is 0.173. The van der Waals surface area contributed by atoms with E-state index < -0.39 is 0 Å². The molecule has 0 radical (unpaired) electrons. The van der Waals surface area contributed by atoms with Gasteiger partial charge in [-0.25, -0.2) is 23.9 Å². The van der Waals surface area contributed by atoms with Gasteiger partial charge < -0.3 is 20.4 Å². The van der Waals surface area contributed by atoms with Gasteiger partial charge in [0, 0.05) is 37.7 Å². The average molecular weight is 446 g/mol. The lowest BCUT2D eigenvalue weighted by Gasteiger charge is -2.08. The van der Waals surface area contributed by atoms with Crippen LogP contribution in [0.1, 0.15) is 48.3 Å². The highest BCUT2D eigenvalue weighted by molar-refractivity contribution is 5.78. The van der Waals surface area contributed by atoms with Crippen LogP contribution in [0.2, 0.25) is 0 Å². The summed E-state index contributed by atoms with van der Waals surface area (Å²) in [5.74, 6) is 6.73. The third kappa shape index (κ3) is 3.50. The fourth-order valence-corrected chi connectivity index (χ4v) is 4.59. The van der Waals surface area contributed by atoms with Crippen LogP contribution >= 0.6 is 0 Å². The van der Waals surface area contributed by atoms with E-state index >= 15 is 0 Å². The van der Waals surface area contributed by atoms with Crippen molar-refractivity contribution < 1.29 is 9.13 Å². The number of ether oxygens (including phenoxy) is 1. The molecule has 1 aliphatic heterocycles. The number of hydrogen-bond acceptors (Lipinski definition) is 7. The topological polar surface area (TPSA) is 108 Å². The van der Waals surface area contributed by atoms with Crippen LogP contribution in [0, 0.1) is 17.7 Å². The summed E-state index contributed by atoms with van der Waals surface area (Å²) in [7, 11) is 1.69. The zero-order valence-corrected chi connectivity index (χ0v) is 18.1. The molecule has 1 aromatic carbocycles. The summed E-state index contributed by atoms with van der Waals surface area (Å²) in [6.45, 7) is 1.38. The predicted octanol–water partition coefficient (Wildman–Crippen LogP) is 2.02. The second-order valence-corrected chi connectivity index (χ2v) is 8.67. The first kappa shape index (κ1) is 20.1. The van der Waals surface area contributed by atoms with Crippen LogP contribution in [0.3, 0.4) is 0 Å². The SMILES string of the molecule is COC[C@H]1CC(c2nc(C#Cc3cc4ncn(C5CC5)c4cc3F)c3c(N)ncnn23)CN1. The van der Waals surface area contributed by atoms with Crippen molar-refractivity contribution in [2.24, 2.45) is 0 Å². The van der Waals surface area contributed by atoms with Crippen molar-refractivity contribution in [2.45, 2.75) is 37.3 Å². The molecule has 4 aromatic rings. The molecule has 3 N–H and O–H groups in total. The highest BCUT2D eigenvalue weighted by atomic mass is 19.1. The van der Waals surface area contributed by atoms with Crippen molar-refractivity contribution in [3.05, 3.63) is 47.7 Å². The predicted molar refractivity (Wildman–Crippen MR) is 120 cm³/mol. The number of benzene rings is 1. The second-order valence-electron chi connectivity index (χ2n) is 8.67. The Morgan fingerprint density at radius 3 is 2.97 bits per heavy atom. The number of nitrogen functional groups attached to an aromatic ring is 1. The first-order chi connectivity index (χ1) is 16.1. The molecule has 10 heteroatoms. The molecule has 33 heavy (non-hydrogen) atoms. The molecular formula is C23H23FN8O. The molecule has 6 rings (SSSR count). The Balaban J connectivity index is 1.39. The van der Waals surface area contributed by atoms with Crippen LogP contribution in [0.4, 0.5) is 10.2 Å². The smallest absolute Gasteiger partial charge is 0.154 e. The van der Waals surface area contributed by atoms with Gasteiger partial charge in [-0.1, -0.05) is 5.92 Å². The highest BCUT2D eigenvalue weighted by Gasteiger charge is 2.30. The van der Waals surface area contributed by atoms with Crippen molar-refractivity contribution in [1.29, 1.82) is 0 Å². The van der Waals surface area contributed by atoms with E-state index in [1.807, 2.05) is 4.57 Å². The molecule has 9 nitrogen and oxygen atoms in total. The minimum atomic E-state index is -0.382. The number of methoxy groups -OCH3 is 1. The zero-order valence-electron chi connectivity index (χ0n) is 18.1. The number of nitrogens with one attached hydrogen (secondary N) is 1. The molecule has 1 aliphatic carbocycles. The average Bonchev–Trinajstić information content (AvgIpc) is 3.23. The zero-order chi connectivity index (χ0) is 22.5. The van der Waals surface area contributed by atoms with E-state index in [9.17, 15) is 4.39 Å². The summed E-state index contributed by atoms with van der Waals surface area (Å²) in [5.41, 5.74) is 8.92. The fourth-order valence-electron chi connectivity index (χ4n) is 4.59. The summed E-state index contributed by atoms with van der Waals surface area (Å²) in [5, 5.41) is 7.81. The minimum Gasteiger partial charge on any atom is -0.383 e. The van der Waals surface area contributed by atoms with Crippen molar-refractivity contribution in [2.75, 3.05) is 26.0 Å². The summed E-state index contributed by atoms with van der Waals surface area (Å²) in [6, 6.07) is 3.88. The number of fused-ring (bicyclic) bond motifs is 2. The van der Waals surface area contributed by atoms with Crippen LogP contribution < -0.4 is 11.1 Å². The molecule has 1 saturated heterocycles. The number of nitrogens with zero attached hydrogens (tertiary/aromatic N) is 6. The van der Waals surface area contributed by atoms with Crippen molar-refractivity contribution in [3.63, 3.8) is 0 Å². The van der Waals surface area contributed by atoms with Crippen molar-refractivity contribution >= 4 is 22.4 Å². The van der Waals surface area contributed by atoms with E-state index in [-0.39, 0.29) is 29.2 Å². The van der Waals surface area contributed by atoms with E-state index in [0.29, 0.717) is 23.9 Å². The van der Waals surface area contributed by atoms with Crippen molar-refractivity contribution in [1.82, 2.24) is 34.4 Å². The van der Waals surface area contributed by atoms with E-state index in [4.69, 9.17) is 15.5 Å². The Hall–Kier alpha value is -3.55. The Bertz CT molecular complexity index is 1430. The normalized spacial score (nSPS) is 20.4. The number of hydrogen-bond donors (Lipinski definition) is 2. The van der Waals surface area contributed by atoms with Crippen LogP contribution in [-0.4, -0.2) is 55.4 Å². The van der Waals surface area contributed by atoms with Gasteiger partial charge in [0.2, 0.25) is 0 Å². The Morgan fingerprint density at radius 2 is 2.15 bits per heavy atom. The van der Waals surface area contributed by atoms with Crippen LogP contribution in [-0.2, 0) is 4.74 Å². The molecule has 168 valence electrons. The van der Waals surface area contributed by atoms with Gasteiger partial charge in [0.15, 0.2) is 5.82 Å². The Labute approximate surface area is 189 Å². The standard InChI is InChI=1S/C23H23FN8O/c1-33-10-15-6-14(9-26-15)23-30-18(21-22(25)27-11-29-32(21)23)5-2-13-7-19-20(8-17(13)24)31(12-28-19)16-3-4-16/h7-8,11-12,14-16,26H,3-4,6,9-10H2,1H3,(H2,25,27,29)/t14?,15-/m1/s1. The molecular weight excluding hydrogens is 423 g/mol. The van der Waals surface area contributed by atoms with Crippen molar-refractivity contribution in [3.8, 4) is 11.8 Å². The molecule has 2 aliphatic rings. The molecule has 2 fully saturated rings. The summed E-state index contributed by atoms with van der Waals surface area (Å²) < 4.78 is 23.9. The van der Waals surface area contributed by atoms with E-state index in [1.165, 1.54) is 12.4 Å². The first-order valence-corrected chi connectivity index (χ1v) is 11.0. The minimum absolute atomic E-state index is 0.127. The van der Waals surface area contributed by atoms with Gasteiger partial charge in [-0.3, -0.25) is 0 Å². The monoisotopic (exact) mass is 446 g/mol. The van der Waals surface area contributed by atoms with Gasteiger partial charge in [-0.05, 0) is 31.2 Å². The third-order valence-electron chi connectivity index (χ3n) is 6.36. The number of rotatable bonds is 4. The molecule has 4 heterocycles. The number of halogens is 1. The van der Waals surface area contributed by atoms with Gasteiger partial charge in [0.1, 0.15) is 29.2 Å². The quantitative estimate of drug-likeness (QED) is 0.462. The summed E-state index contributed by atoms with van der Waals surface area (Å²) in [4.78, 5) is 13.3. The van der Waals surface area contributed by atoms with Gasteiger partial charge in [0.05, 0.1) is 29.5 Å².